The molecule has 4 heteroatoms. The summed E-state index contributed by atoms with van der Waals surface area (Å²) in [6.45, 7) is 9.25. The summed E-state index contributed by atoms with van der Waals surface area (Å²) in [5.41, 5.74) is 0. The zero-order chi connectivity index (χ0) is 11.5. The Morgan fingerprint density at radius 3 is 0.947 bits per heavy atom. The van der Waals surface area contributed by atoms with E-state index in [1.54, 1.807) is 6.92 Å². The SMILES string of the molecule is CCC.[CH2-]C.[Y].[Y].[Y].[Y].c1ccc2ccccc2c1. The van der Waals surface area contributed by atoms with Crippen molar-refractivity contribution in [3.05, 3.63) is 55.5 Å². The third-order valence-electron chi connectivity index (χ3n) is 1.66. The van der Waals surface area contributed by atoms with Gasteiger partial charge in [-0.2, -0.15) is 6.92 Å². The van der Waals surface area contributed by atoms with E-state index in [9.17, 15) is 0 Å². The van der Waals surface area contributed by atoms with Crippen LogP contribution in [-0.4, -0.2) is 0 Å². The van der Waals surface area contributed by atoms with E-state index in [-0.39, 0.29) is 131 Å². The topological polar surface area (TPSA) is 0 Å². The maximum atomic E-state index is 3.25. The zero-order valence-corrected chi connectivity index (χ0v) is 23.7. The van der Waals surface area contributed by atoms with Gasteiger partial charge in [-0.25, -0.2) is 0 Å². The Hall–Kier alpha value is 3.12. The molecule has 0 aromatic heterocycles. The summed E-state index contributed by atoms with van der Waals surface area (Å²) >= 11 is 0. The molecule has 19 heavy (non-hydrogen) atoms. The van der Waals surface area contributed by atoms with Crippen LogP contribution in [0.5, 0.6) is 0 Å². The number of benzene rings is 2. The Labute approximate surface area is 219 Å². The van der Waals surface area contributed by atoms with Gasteiger partial charge in [0.05, 0.1) is 0 Å². The number of fused-ring (bicyclic) bond motifs is 1. The van der Waals surface area contributed by atoms with Crippen LogP contribution in [0.1, 0.15) is 27.2 Å². The molecule has 0 unspecified atom stereocenters. The molecule has 0 aliphatic rings. The second-order valence-electron chi connectivity index (χ2n) is 3.05. The van der Waals surface area contributed by atoms with E-state index >= 15 is 0 Å². The van der Waals surface area contributed by atoms with Crippen LogP contribution in [0.2, 0.25) is 0 Å². The van der Waals surface area contributed by atoms with Crippen LogP contribution < -0.4 is 0 Å². The first-order chi connectivity index (χ1) is 7.38. The molecule has 0 heterocycles. The predicted molar refractivity (Wildman–Crippen MR) is 70.9 cm³/mol. The minimum absolute atomic E-state index is 0. The van der Waals surface area contributed by atoms with E-state index in [2.05, 4.69) is 69.3 Å². The largest absolute Gasteiger partial charge is 0.346 e. The van der Waals surface area contributed by atoms with E-state index in [0.717, 1.165) is 0 Å². The first-order valence-electron chi connectivity index (χ1n) is 5.53. The summed E-state index contributed by atoms with van der Waals surface area (Å²) in [6, 6.07) is 16.7. The Balaban J connectivity index is -0.0000000656. The van der Waals surface area contributed by atoms with Gasteiger partial charge in [0.25, 0.3) is 0 Å². The minimum Gasteiger partial charge on any atom is -0.346 e. The minimum atomic E-state index is 0. The van der Waals surface area contributed by atoms with Crippen LogP contribution in [0, 0.1) is 6.92 Å². The molecule has 94 valence electrons. The molecule has 4 radical (unpaired) electrons. The number of hydrogen-bond donors (Lipinski definition) is 0. The van der Waals surface area contributed by atoms with Crippen LogP contribution in [0.15, 0.2) is 48.5 Å². The van der Waals surface area contributed by atoms with Gasteiger partial charge in [-0.1, -0.05) is 68.8 Å². The molecule has 0 aliphatic heterocycles. The second-order valence-corrected chi connectivity index (χ2v) is 3.05. The van der Waals surface area contributed by atoms with Gasteiger partial charge in [0.15, 0.2) is 0 Å². The fourth-order valence-corrected chi connectivity index (χ4v) is 1.13. The van der Waals surface area contributed by atoms with Gasteiger partial charge in [0, 0.05) is 131 Å². The predicted octanol–water partition coefficient (Wildman–Crippen LogP) is 5.09. The normalized spacial score (nSPS) is 6.53. The van der Waals surface area contributed by atoms with E-state index < -0.39 is 0 Å². The summed E-state index contributed by atoms with van der Waals surface area (Å²) < 4.78 is 0. The molecule has 0 saturated heterocycles. The molecule has 0 spiro atoms. The van der Waals surface area contributed by atoms with E-state index in [4.69, 9.17) is 0 Å². The average Bonchev–Trinajstić information content (AvgIpc) is 2.33. The Morgan fingerprint density at radius 2 is 0.789 bits per heavy atom. The maximum Gasteiger partial charge on any atom is 0 e. The van der Waals surface area contributed by atoms with Gasteiger partial charge in [-0.15, -0.1) is 0 Å². The van der Waals surface area contributed by atoms with Crippen molar-refractivity contribution in [1.29, 1.82) is 0 Å². The number of hydrogen-bond acceptors (Lipinski definition) is 0. The summed E-state index contributed by atoms with van der Waals surface area (Å²) in [5, 5.41) is 2.62. The van der Waals surface area contributed by atoms with Gasteiger partial charge < -0.3 is 6.92 Å². The van der Waals surface area contributed by atoms with Gasteiger partial charge in [-0.05, 0) is 10.8 Å². The maximum absolute atomic E-state index is 3.25. The fraction of sp³-hybridized carbons (Fsp3) is 0.267. The van der Waals surface area contributed by atoms with Crippen molar-refractivity contribution in [2.24, 2.45) is 0 Å². The zero-order valence-electron chi connectivity index (χ0n) is 12.3. The molecule has 0 fully saturated rings. The van der Waals surface area contributed by atoms with Crippen molar-refractivity contribution in [2.45, 2.75) is 27.2 Å². The third kappa shape index (κ3) is 17.3. The van der Waals surface area contributed by atoms with Crippen LogP contribution in [-0.2, 0) is 131 Å². The molecular weight excluding hydrogens is 536 g/mol. The Bertz CT molecular complexity index is 298. The molecule has 2 aromatic carbocycles. The average molecular weight is 557 g/mol. The van der Waals surface area contributed by atoms with Crippen LogP contribution >= 0.6 is 0 Å². The summed E-state index contributed by atoms with van der Waals surface area (Å²) in [4.78, 5) is 0. The molecular formula is C15H21Y4-. The van der Waals surface area contributed by atoms with Crippen molar-refractivity contribution in [1.82, 2.24) is 0 Å². The van der Waals surface area contributed by atoms with E-state index in [1.165, 1.54) is 17.2 Å². The van der Waals surface area contributed by atoms with Crippen molar-refractivity contribution < 1.29 is 131 Å². The Kier molecular flexibility index (Phi) is 46.1. The molecule has 0 aliphatic carbocycles. The molecule has 2 rings (SSSR count). The van der Waals surface area contributed by atoms with Crippen molar-refractivity contribution in [2.75, 3.05) is 0 Å². The molecule has 2 aromatic rings. The van der Waals surface area contributed by atoms with Crippen LogP contribution in [0.4, 0.5) is 0 Å². The standard InChI is InChI=1S/C10H8.C3H8.C2H5.4Y/c1-2-6-10-8-4-3-7-9(10)5-1;1-3-2;1-2;;;;/h1-8H;3H2,1-2H3;1H2,2H3;;;;/q;;-1;;;;. The summed E-state index contributed by atoms with van der Waals surface area (Å²) in [5.74, 6) is 0. The van der Waals surface area contributed by atoms with Gasteiger partial charge in [0.1, 0.15) is 0 Å². The first kappa shape index (κ1) is 33.7. The van der Waals surface area contributed by atoms with Gasteiger partial charge >= 0.3 is 0 Å². The van der Waals surface area contributed by atoms with Crippen molar-refractivity contribution in [3.8, 4) is 0 Å². The molecule has 0 bridgehead atoms. The molecule has 0 atom stereocenters. The number of rotatable bonds is 0. The third-order valence-corrected chi connectivity index (χ3v) is 1.66. The van der Waals surface area contributed by atoms with Crippen LogP contribution in [0.25, 0.3) is 10.8 Å². The monoisotopic (exact) mass is 557 g/mol. The summed E-state index contributed by atoms with van der Waals surface area (Å²) in [6.07, 6.45) is 1.25. The summed E-state index contributed by atoms with van der Waals surface area (Å²) in [7, 11) is 0. The van der Waals surface area contributed by atoms with Gasteiger partial charge in [-0.3, -0.25) is 0 Å². The van der Waals surface area contributed by atoms with Crippen molar-refractivity contribution >= 4 is 10.8 Å². The van der Waals surface area contributed by atoms with Gasteiger partial charge in [0.2, 0.25) is 0 Å². The molecule has 0 N–H and O–H groups in total. The van der Waals surface area contributed by atoms with E-state index in [1.807, 2.05) is 0 Å². The van der Waals surface area contributed by atoms with Crippen LogP contribution in [0.3, 0.4) is 0 Å². The quantitative estimate of drug-likeness (QED) is 0.397. The smallest absolute Gasteiger partial charge is 0 e. The Morgan fingerprint density at radius 1 is 0.632 bits per heavy atom. The fourth-order valence-electron chi connectivity index (χ4n) is 1.13. The second kappa shape index (κ2) is 26.0. The van der Waals surface area contributed by atoms with Crippen molar-refractivity contribution in [3.63, 3.8) is 0 Å². The molecule has 0 amide bonds. The molecule has 0 saturated carbocycles. The molecule has 0 nitrogen and oxygen atoms in total. The van der Waals surface area contributed by atoms with E-state index in [0.29, 0.717) is 0 Å². The first-order valence-corrected chi connectivity index (χ1v) is 5.53.